The van der Waals surface area contributed by atoms with Crippen LogP contribution in [0.2, 0.25) is 0 Å². The molecule has 6 heteroatoms. The summed E-state index contributed by atoms with van der Waals surface area (Å²) in [6.07, 6.45) is 8.48. The first-order chi connectivity index (χ1) is 11.3. The Morgan fingerprint density at radius 3 is 2.96 bits per heavy atom. The average Bonchev–Trinajstić information content (AvgIpc) is 3.06. The first-order valence-corrected chi connectivity index (χ1v) is 7.60. The summed E-state index contributed by atoms with van der Waals surface area (Å²) >= 11 is 0. The molecular weight excluding hydrogens is 293 g/mol. The van der Waals surface area contributed by atoms with Crippen LogP contribution in [0.3, 0.4) is 0 Å². The maximum atomic E-state index is 12.9. The highest BCUT2D eigenvalue weighted by Gasteiger charge is 2.16. The Balaban J connectivity index is 1.50. The Labute approximate surface area is 133 Å². The van der Waals surface area contributed by atoms with Crippen molar-refractivity contribution >= 4 is 11.2 Å². The van der Waals surface area contributed by atoms with E-state index < -0.39 is 5.95 Å². The summed E-state index contributed by atoms with van der Waals surface area (Å²) in [7, 11) is 0. The summed E-state index contributed by atoms with van der Waals surface area (Å²) in [4.78, 5) is 6.03. The SMILES string of the molecule is Fc1ccc(CN2CC=C(c3cccn4cnnc34)CC2)cn1. The first-order valence-electron chi connectivity index (χ1n) is 7.60. The average molecular weight is 309 g/mol. The highest BCUT2D eigenvalue weighted by atomic mass is 19.1. The summed E-state index contributed by atoms with van der Waals surface area (Å²) in [5.74, 6) is -0.434. The second-order valence-electron chi connectivity index (χ2n) is 5.69. The molecule has 0 N–H and O–H groups in total. The molecule has 0 atom stereocenters. The van der Waals surface area contributed by atoms with E-state index in [9.17, 15) is 4.39 Å². The zero-order valence-electron chi connectivity index (χ0n) is 12.6. The number of halogens is 1. The van der Waals surface area contributed by atoms with E-state index in [0.717, 1.165) is 42.8 Å². The standard InChI is InChI=1S/C17H16FN5/c18-16-4-3-13(10-19-16)11-22-8-5-14(6-9-22)15-2-1-7-23-12-20-21-17(15)23/h1-5,7,10,12H,6,8-9,11H2. The highest BCUT2D eigenvalue weighted by molar-refractivity contribution is 5.76. The van der Waals surface area contributed by atoms with E-state index in [4.69, 9.17) is 0 Å². The van der Waals surface area contributed by atoms with Gasteiger partial charge in [0.25, 0.3) is 0 Å². The van der Waals surface area contributed by atoms with Crippen LogP contribution in [-0.2, 0) is 6.54 Å². The van der Waals surface area contributed by atoms with Crippen molar-refractivity contribution in [3.8, 4) is 0 Å². The second-order valence-corrected chi connectivity index (χ2v) is 5.69. The van der Waals surface area contributed by atoms with Crippen molar-refractivity contribution in [2.45, 2.75) is 13.0 Å². The van der Waals surface area contributed by atoms with Gasteiger partial charge < -0.3 is 0 Å². The first kappa shape index (κ1) is 14.0. The van der Waals surface area contributed by atoms with Gasteiger partial charge in [0.15, 0.2) is 5.65 Å². The van der Waals surface area contributed by atoms with Gasteiger partial charge in [-0.05, 0) is 35.8 Å². The van der Waals surface area contributed by atoms with Crippen molar-refractivity contribution in [2.75, 3.05) is 13.1 Å². The molecule has 0 amide bonds. The maximum Gasteiger partial charge on any atom is 0.212 e. The number of rotatable bonds is 3. The molecule has 0 spiro atoms. The lowest BCUT2D eigenvalue weighted by Gasteiger charge is -2.26. The third-order valence-corrected chi connectivity index (χ3v) is 4.16. The molecule has 0 saturated carbocycles. The molecule has 1 aliphatic rings. The van der Waals surface area contributed by atoms with Gasteiger partial charge in [0, 0.05) is 37.6 Å². The molecule has 23 heavy (non-hydrogen) atoms. The number of nitrogens with zero attached hydrogens (tertiary/aromatic N) is 5. The predicted molar refractivity (Wildman–Crippen MR) is 85.1 cm³/mol. The number of aromatic nitrogens is 4. The molecule has 0 radical (unpaired) electrons. The van der Waals surface area contributed by atoms with Gasteiger partial charge >= 0.3 is 0 Å². The summed E-state index contributed by atoms with van der Waals surface area (Å²) in [5.41, 5.74) is 4.38. The van der Waals surface area contributed by atoms with Crippen molar-refractivity contribution in [1.29, 1.82) is 0 Å². The number of hydrogen-bond donors (Lipinski definition) is 0. The minimum Gasteiger partial charge on any atom is -0.295 e. The second kappa shape index (κ2) is 5.89. The van der Waals surface area contributed by atoms with Gasteiger partial charge in [0.05, 0.1) is 0 Å². The minimum atomic E-state index is -0.434. The molecule has 3 aromatic heterocycles. The zero-order valence-corrected chi connectivity index (χ0v) is 12.6. The molecule has 116 valence electrons. The Morgan fingerprint density at radius 1 is 1.22 bits per heavy atom. The van der Waals surface area contributed by atoms with Crippen molar-refractivity contribution in [3.05, 3.63) is 66.1 Å². The van der Waals surface area contributed by atoms with Crippen molar-refractivity contribution in [2.24, 2.45) is 0 Å². The lowest BCUT2D eigenvalue weighted by atomic mass is 10.00. The van der Waals surface area contributed by atoms with Crippen LogP contribution in [0.25, 0.3) is 11.2 Å². The Kier molecular flexibility index (Phi) is 3.59. The molecule has 3 aromatic rings. The maximum absolute atomic E-state index is 12.9. The predicted octanol–water partition coefficient (Wildman–Crippen LogP) is 2.55. The van der Waals surface area contributed by atoms with Gasteiger partial charge in [0.2, 0.25) is 5.95 Å². The number of fused-ring (bicyclic) bond motifs is 1. The van der Waals surface area contributed by atoms with Gasteiger partial charge in [-0.1, -0.05) is 12.1 Å². The van der Waals surface area contributed by atoms with Crippen LogP contribution in [-0.4, -0.2) is 37.6 Å². The molecule has 5 nitrogen and oxygen atoms in total. The molecule has 4 rings (SSSR count). The van der Waals surface area contributed by atoms with Crippen molar-refractivity contribution < 1.29 is 4.39 Å². The smallest absolute Gasteiger partial charge is 0.212 e. The molecule has 0 aliphatic carbocycles. The number of hydrogen-bond acceptors (Lipinski definition) is 4. The topological polar surface area (TPSA) is 46.3 Å². The largest absolute Gasteiger partial charge is 0.295 e. The molecule has 0 fully saturated rings. The molecule has 4 heterocycles. The van der Waals surface area contributed by atoms with Gasteiger partial charge in [-0.25, -0.2) is 4.98 Å². The Hall–Kier alpha value is -2.60. The fraction of sp³-hybridized carbons (Fsp3) is 0.235. The van der Waals surface area contributed by atoms with E-state index in [1.54, 1.807) is 18.6 Å². The summed E-state index contributed by atoms with van der Waals surface area (Å²) < 4.78 is 14.8. The fourth-order valence-electron chi connectivity index (χ4n) is 2.96. The van der Waals surface area contributed by atoms with Gasteiger partial charge in [0.1, 0.15) is 6.33 Å². The fourth-order valence-corrected chi connectivity index (χ4v) is 2.96. The van der Waals surface area contributed by atoms with E-state index in [1.807, 2.05) is 16.7 Å². The van der Waals surface area contributed by atoms with Crippen LogP contribution in [0.15, 0.2) is 49.1 Å². The van der Waals surface area contributed by atoms with E-state index >= 15 is 0 Å². The summed E-state index contributed by atoms with van der Waals surface area (Å²) in [6.45, 7) is 2.60. The zero-order chi connectivity index (χ0) is 15.6. The minimum absolute atomic E-state index is 0.434. The molecule has 0 unspecified atom stereocenters. The van der Waals surface area contributed by atoms with E-state index in [2.05, 4.69) is 32.2 Å². The van der Waals surface area contributed by atoms with Crippen LogP contribution >= 0.6 is 0 Å². The summed E-state index contributed by atoms with van der Waals surface area (Å²) in [5, 5.41) is 8.18. The Bertz CT molecular complexity index is 853. The quantitative estimate of drug-likeness (QED) is 0.698. The van der Waals surface area contributed by atoms with Crippen molar-refractivity contribution in [1.82, 2.24) is 24.5 Å². The van der Waals surface area contributed by atoms with Gasteiger partial charge in [-0.2, -0.15) is 4.39 Å². The summed E-state index contributed by atoms with van der Waals surface area (Å²) in [6, 6.07) is 7.31. The van der Waals surface area contributed by atoms with E-state index in [0.29, 0.717) is 0 Å². The van der Waals surface area contributed by atoms with E-state index in [1.165, 1.54) is 11.6 Å². The molecule has 0 aromatic carbocycles. The normalized spacial score (nSPS) is 15.8. The monoisotopic (exact) mass is 309 g/mol. The third kappa shape index (κ3) is 2.85. The highest BCUT2D eigenvalue weighted by Crippen LogP contribution is 2.25. The van der Waals surface area contributed by atoms with Crippen LogP contribution in [0.1, 0.15) is 17.5 Å². The number of pyridine rings is 2. The van der Waals surface area contributed by atoms with Crippen LogP contribution in [0.4, 0.5) is 4.39 Å². The lowest BCUT2D eigenvalue weighted by molar-refractivity contribution is 0.293. The van der Waals surface area contributed by atoms with Crippen LogP contribution in [0.5, 0.6) is 0 Å². The molecule has 0 bridgehead atoms. The van der Waals surface area contributed by atoms with Gasteiger partial charge in [-0.3, -0.25) is 9.30 Å². The van der Waals surface area contributed by atoms with Crippen LogP contribution < -0.4 is 0 Å². The molecular formula is C17H16FN5. The third-order valence-electron chi connectivity index (χ3n) is 4.16. The van der Waals surface area contributed by atoms with Crippen LogP contribution in [0, 0.1) is 5.95 Å². The molecule has 1 aliphatic heterocycles. The lowest BCUT2D eigenvalue weighted by Crippen LogP contribution is -2.28. The van der Waals surface area contributed by atoms with Crippen molar-refractivity contribution in [3.63, 3.8) is 0 Å². The molecule has 0 saturated heterocycles. The van der Waals surface area contributed by atoms with Gasteiger partial charge in [-0.15, -0.1) is 10.2 Å². The Morgan fingerprint density at radius 2 is 2.17 bits per heavy atom. The van der Waals surface area contributed by atoms with E-state index in [-0.39, 0.29) is 0 Å².